The second-order valence-corrected chi connectivity index (χ2v) is 4.50. The number of nitrogens with one attached hydrogen (secondary N) is 1. The molecule has 0 spiro atoms. The van der Waals surface area contributed by atoms with Crippen molar-refractivity contribution in [3.05, 3.63) is 28.8 Å². The first-order valence-corrected chi connectivity index (χ1v) is 6.05. The molecule has 0 aromatic heterocycles. The molecule has 4 nitrogen and oxygen atoms in total. The zero-order valence-electron chi connectivity index (χ0n) is 10.6. The molecule has 0 radical (unpaired) electrons. The number of hydrogen-bond donors (Lipinski definition) is 2. The molecule has 8 heteroatoms. The standard InChI is InChI=1S/C12H14ClF3N2O2/c1-20-5-4-9(17)11(19)18-10-3-2-7(13)6-8(10)12(14,15)16/h2-3,6,9H,4-5,17H2,1H3,(H,18,19). The molecule has 3 N–H and O–H groups in total. The second kappa shape index (κ2) is 6.92. The van der Waals surface area contributed by atoms with E-state index >= 15 is 0 Å². The first kappa shape index (κ1) is 16.7. The summed E-state index contributed by atoms with van der Waals surface area (Å²) in [5, 5.41) is 2.08. The summed E-state index contributed by atoms with van der Waals surface area (Å²) in [5.74, 6) is -0.713. The lowest BCUT2D eigenvalue weighted by Crippen LogP contribution is -2.37. The van der Waals surface area contributed by atoms with Crippen LogP contribution in [0, 0.1) is 0 Å². The van der Waals surface area contributed by atoms with Crippen molar-refractivity contribution in [2.24, 2.45) is 5.73 Å². The van der Waals surface area contributed by atoms with Gasteiger partial charge in [-0.1, -0.05) is 11.6 Å². The van der Waals surface area contributed by atoms with Gasteiger partial charge in [0.2, 0.25) is 5.91 Å². The van der Waals surface area contributed by atoms with Gasteiger partial charge in [-0.15, -0.1) is 0 Å². The molecule has 1 aromatic carbocycles. The van der Waals surface area contributed by atoms with Crippen LogP contribution < -0.4 is 11.1 Å². The minimum absolute atomic E-state index is 0.0704. The van der Waals surface area contributed by atoms with Gasteiger partial charge >= 0.3 is 6.18 Å². The Kier molecular flexibility index (Phi) is 5.79. The topological polar surface area (TPSA) is 64.3 Å². The Morgan fingerprint density at radius 2 is 2.15 bits per heavy atom. The first-order chi connectivity index (χ1) is 9.25. The second-order valence-electron chi connectivity index (χ2n) is 4.06. The van der Waals surface area contributed by atoms with E-state index < -0.39 is 23.7 Å². The van der Waals surface area contributed by atoms with Gasteiger partial charge in [-0.25, -0.2) is 0 Å². The van der Waals surface area contributed by atoms with E-state index in [9.17, 15) is 18.0 Å². The number of ether oxygens (including phenoxy) is 1. The highest BCUT2D eigenvalue weighted by Gasteiger charge is 2.34. The van der Waals surface area contributed by atoms with Crippen LogP contribution in [-0.4, -0.2) is 25.7 Å². The van der Waals surface area contributed by atoms with Crippen LogP contribution in [0.1, 0.15) is 12.0 Å². The number of anilines is 1. The van der Waals surface area contributed by atoms with Crippen molar-refractivity contribution in [3.63, 3.8) is 0 Å². The molecular weight excluding hydrogens is 297 g/mol. The Hall–Kier alpha value is -1.31. The number of nitrogens with two attached hydrogens (primary N) is 1. The molecule has 20 heavy (non-hydrogen) atoms. The molecule has 0 heterocycles. The number of benzene rings is 1. The van der Waals surface area contributed by atoms with E-state index in [1.807, 2.05) is 0 Å². The highest BCUT2D eigenvalue weighted by atomic mass is 35.5. The number of carbonyl (C=O) groups is 1. The highest BCUT2D eigenvalue weighted by molar-refractivity contribution is 6.30. The van der Waals surface area contributed by atoms with E-state index in [2.05, 4.69) is 5.32 Å². The van der Waals surface area contributed by atoms with Crippen molar-refractivity contribution in [2.75, 3.05) is 19.0 Å². The van der Waals surface area contributed by atoms with Crippen LogP contribution in [0.25, 0.3) is 0 Å². The van der Waals surface area contributed by atoms with Crippen LogP contribution in [0.15, 0.2) is 18.2 Å². The third-order valence-corrected chi connectivity index (χ3v) is 2.75. The molecule has 0 aliphatic heterocycles. The van der Waals surface area contributed by atoms with Crippen LogP contribution in [0.3, 0.4) is 0 Å². The van der Waals surface area contributed by atoms with Crippen molar-refractivity contribution in [1.29, 1.82) is 0 Å². The minimum Gasteiger partial charge on any atom is -0.385 e. The van der Waals surface area contributed by atoms with Crippen LogP contribution in [0.4, 0.5) is 18.9 Å². The summed E-state index contributed by atoms with van der Waals surface area (Å²) in [5.41, 5.74) is 4.15. The lowest BCUT2D eigenvalue weighted by Gasteiger charge is -2.16. The summed E-state index contributed by atoms with van der Waals surface area (Å²) in [4.78, 5) is 11.7. The predicted molar refractivity (Wildman–Crippen MR) is 69.6 cm³/mol. The van der Waals surface area contributed by atoms with Gasteiger partial charge in [0.25, 0.3) is 0 Å². The van der Waals surface area contributed by atoms with Crippen molar-refractivity contribution in [1.82, 2.24) is 0 Å². The smallest absolute Gasteiger partial charge is 0.385 e. The zero-order valence-corrected chi connectivity index (χ0v) is 11.4. The fraction of sp³-hybridized carbons (Fsp3) is 0.417. The first-order valence-electron chi connectivity index (χ1n) is 5.68. The van der Waals surface area contributed by atoms with Gasteiger partial charge in [0.05, 0.1) is 17.3 Å². The molecule has 1 unspecified atom stereocenters. The van der Waals surface area contributed by atoms with E-state index in [-0.39, 0.29) is 23.7 Å². The number of alkyl halides is 3. The molecule has 1 rings (SSSR count). The Morgan fingerprint density at radius 1 is 1.50 bits per heavy atom. The lowest BCUT2D eigenvalue weighted by molar-refractivity contribution is -0.137. The van der Waals surface area contributed by atoms with E-state index in [0.717, 1.165) is 12.1 Å². The molecule has 0 bridgehead atoms. The molecule has 0 saturated heterocycles. The maximum atomic E-state index is 12.8. The SMILES string of the molecule is COCCC(N)C(=O)Nc1ccc(Cl)cc1C(F)(F)F. The molecule has 0 aliphatic rings. The van der Waals surface area contributed by atoms with Crippen LogP contribution in [0.2, 0.25) is 5.02 Å². The number of amides is 1. The van der Waals surface area contributed by atoms with E-state index in [4.69, 9.17) is 22.1 Å². The minimum atomic E-state index is -4.62. The molecule has 1 atom stereocenters. The van der Waals surface area contributed by atoms with Gasteiger partial charge in [-0.2, -0.15) is 13.2 Å². The summed E-state index contributed by atoms with van der Waals surface area (Å²) < 4.78 is 43.2. The van der Waals surface area contributed by atoms with Gasteiger partial charge in [-0.3, -0.25) is 4.79 Å². The molecule has 0 aliphatic carbocycles. The van der Waals surface area contributed by atoms with Gasteiger partial charge in [0, 0.05) is 18.7 Å². The third kappa shape index (κ3) is 4.66. The van der Waals surface area contributed by atoms with Gasteiger partial charge in [0.15, 0.2) is 0 Å². The average molecular weight is 311 g/mol. The van der Waals surface area contributed by atoms with Gasteiger partial charge in [-0.05, 0) is 24.6 Å². The monoisotopic (exact) mass is 310 g/mol. The van der Waals surface area contributed by atoms with E-state index in [1.54, 1.807) is 0 Å². The Morgan fingerprint density at radius 3 is 2.70 bits per heavy atom. The van der Waals surface area contributed by atoms with Crippen LogP contribution in [-0.2, 0) is 15.7 Å². The molecular formula is C12H14ClF3N2O2. The number of hydrogen-bond acceptors (Lipinski definition) is 3. The van der Waals surface area contributed by atoms with Crippen LogP contribution in [0.5, 0.6) is 0 Å². The summed E-state index contributed by atoms with van der Waals surface area (Å²) in [6.45, 7) is 0.237. The van der Waals surface area contributed by atoms with Crippen molar-refractivity contribution in [3.8, 4) is 0 Å². The summed E-state index contributed by atoms with van der Waals surface area (Å²) in [6, 6.07) is 2.14. The summed E-state index contributed by atoms with van der Waals surface area (Å²) in [7, 11) is 1.44. The van der Waals surface area contributed by atoms with Gasteiger partial charge in [0.1, 0.15) is 0 Å². The Bertz CT molecular complexity index is 480. The maximum Gasteiger partial charge on any atom is 0.418 e. The zero-order chi connectivity index (χ0) is 15.3. The molecule has 1 aromatic rings. The third-order valence-electron chi connectivity index (χ3n) is 2.51. The fourth-order valence-electron chi connectivity index (χ4n) is 1.46. The quantitative estimate of drug-likeness (QED) is 0.879. The number of carbonyl (C=O) groups excluding carboxylic acids is 1. The summed E-state index contributed by atoms with van der Waals surface area (Å²) in [6.07, 6.45) is -4.42. The highest BCUT2D eigenvalue weighted by Crippen LogP contribution is 2.36. The maximum absolute atomic E-state index is 12.8. The average Bonchev–Trinajstić information content (AvgIpc) is 2.36. The summed E-state index contributed by atoms with van der Waals surface area (Å²) >= 11 is 5.54. The van der Waals surface area contributed by atoms with E-state index in [1.165, 1.54) is 13.2 Å². The normalized spacial score (nSPS) is 13.1. The van der Waals surface area contributed by atoms with Crippen molar-refractivity contribution in [2.45, 2.75) is 18.6 Å². The molecule has 0 saturated carbocycles. The molecule has 1 amide bonds. The Labute approximate surface area is 119 Å². The number of rotatable bonds is 5. The predicted octanol–water partition coefficient (Wildman–Crippen LogP) is 2.66. The van der Waals surface area contributed by atoms with Crippen LogP contribution >= 0.6 is 11.6 Å². The Balaban J connectivity index is 2.90. The molecule has 112 valence electrons. The largest absolute Gasteiger partial charge is 0.418 e. The van der Waals surface area contributed by atoms with Crippen molar-refractivity contribution >= 4 is 23.2 Å². The van der Waals surface area contributed by atoms with Gasteiger partial charge < -0.3 is 15.8 Å². The lowest BCUT2D eigenvalue weighted by atomic mass is 10.1. The molecule has 0 fully saturated rings. The fourth-order valence-corrected chi connectivity index (χ4v) is 1.63. The van der Waals surface area contributed by atoms with E-state index in [0.29, 0.717) is 0 Å². The number of halogens is 4. The number of methoxy groups -OCH3 is 1. The van der Waals surface area contributed by atoms with Crippen molar-refractivity contribution < 1.29 is 22.7 Å².